The van der Waals surface area contributed by atoms with Gasteiger partial charge in [0.25, 0.3) is 0 Å². The van der Waals surface area contributed by atoms with Crippen LogP contribution in [0.4, 0.5) is 0 Å². The molecular weight excluding hydrogens is 238 g/mol. The highest BCUT2D eigenvalue weighted by Gasteiger charge is 2.09. The van der Waals surface area contributed by atoms with Crippen LogP contribution in [0.1, 0.15) is 5.56 Å². The van der Waals surface area contributed by atoms with Crippen molar-refractivity contribution in [3.05, 3.63) is 54.4 Å². The second kappa shape index (κ2) is 4.74. The van der Waals surface area contributed by atoms with E-state index in [1.807, 2.05) is 53.2 Å². The van der Waals surface area contributed by atoms with Gasteiger partial charge in [-0.25, -0.2) is 4.98 Å². The van der Waals surface area contributed by atoms with Crippen LogP contribution in [0.25, 0.3) is 16.9 Å². The average molecular weight is 253 g/mol. The van der Waals surface area contributed by atoms with Gasteiger partial charge in [0.2, 0.25) is 0 Å². The van der Waals surface area contributed by atoms with Gasteiger partial charge >= 0.3 is 0 Å². The summed E-state index contributed by atoms with van der Waals surface area (Å²) in [7, 11) is 1.67. The summed E-state index contributed by atoms with van der Waals surface area (Å²) in [5, 5.41) is 0. The van der Waals surface area contributed by atoms with Crippen LogP contribution in [0.5, 0.6) is 5.75 Å². The Labute approximate surface area is 111 Å². The lowest BCUT2D eigenvalue weighted by molar-refractivity contribution is 0.416. The molecule has 2 N–H and O–H groups in total. The Morgan fingerprint density at radius 1 is 1.16 bits per heavy atom. The highest BCUT2D eigenvalue weighted by Crippen LogP contribution is 2.28. The van der Waals surface area contributed by atoms with E-state index in [1.54, 1.807) is 7.11 Å². The minimum Gasteiger partial charge on any atom is -0.496 e. The van der Waals surface area contributed by atoms with Crippen LogP contribution < -0.4 is 10.5 Å². The molecule has 0 saturated heterocycles. The van der Waals surface area contributed by atoms with Crippen molar-refractivity contribution in [2.24, 2.45) is 5.73 Å². The lowest BCUT2D eigenvalue weighted by Crippen LogP contribution is -1.97. The summed E-state index contributed by atoms with van der Waals surface area (Å²) in [5.41, 5.74) is 9.52. The zero-order valence-electron chi connectivity index (χ0n) is 10.7. The van der Waals surface area contributed by atoms with Crippen molar-refractivity contribution in [2.45, 2.75) is 6.54 Å². The van der Waals surface area contributed by atoms with Crippen LogP contribution in [0, 0.1) is 0 Å². The van der Waals surface area contributed by atoms with Gasteiger partial charge in [0.15, 0.2) is 0 Å². The first-order valence-electron chi connectivity index (χ1n) is 6.13. The lowest BCUT2D eigenvalue weighted by atomic mass is 10.1. The van der Waals surface area contributed by atoms with Crippen molar-refractivity contribution in [1.82, 2.24) is 9.38 Å². The Balaban J connectivity index is 2.15. The monoisotopic (exact) mass is 253 g/mol. The number of benzene rings is 1. The Kier molecular flexibility index (Phi) is 2.93. The molecule has 4 nitrogen and oxygen atoms in total. The van der Waals surface area contributed by atoms with E-state index in [-0.39, 0.29) is 0 Å². The van der Waals surface area contributed by atoms with Gasteiger partial charge in [-0.05, 0) is 23.8 Å². The predicted octanol–water partition coefficient (Wildman–Crippen LogP) is 2.47. The average Bonchev–Trinajstić information content (AvgIpc) is 2.89. The number of rotatable bonds is 3. The molecule has 0 aliphatic heterocycles. The van der Waals surface area contributed by atoms with Crippen LogP contribution in [0.2, 0.25) is 0 Å². The number of nitrogens with zero attached hydrogens (tertiary/aromatic N) is 2. The number of pyridine rings is 1. The smallest absolute Gasteiger partial charge is 0.137 e. The highest BCUT2D eigenvalue weighted by atomic mass is 16.5. The molecule has 0 spiro atoms. The first kappa shape index (κ1) is 11.7. The number of hydrogen-bond acceptors (Lipinski definition) is 3. The molecule has 0 unspecified atom stereocenters. The van der Waals surface area contributed by atoms with Crippen molar-refractivity contribution >= 4 is 5.65 Å². The molecule has 3 aromatic rings. The maximum absolute atomic E-state index is 5.65. The fourth-order valence-electron chi connectivity index (χ4n) is 2.14. The number of fused-ring (bicyclic) bond motifs is 1. The molecule has 4 heteroatoms. The van der Waals surface area contributed by atoms with Crippen molar-refractivity contribution in [2.75, 3.05) is 7.11 Å². The van der Waals surface area contributed by atoms with E-state index < -0.39 is 0 Å². The molecule has 0 fully saturated rings. The van der Waals surface area contributed by atoms with Crippen molar-refractivity contribution in [3.63, 3.8) is 0 Å². The first-order valence-corrected chi connectivity index (χ1v) is 6.13. The molecule has 96 valence electrons. The van der Waals surface area contributed by atoms with Crippen molar-refractivity contribution in [3.8, 4) is 17.0 Å². The molecule has 0 saturated carbocycles. The van der Waals surface area contributed by atoms with E-state index in [0.29, 0.717) is 6.54 Å². The number of nitrogens with two attached hydrogens (primary N) is 1. The summed E-state index contributed by atoms with van der Waals surface area (Å²) in [4.78, 5) is 4.61. The molecule has 0 aliphatic rings. The summed E-state index contributed by atoms with van der Waals surface area (Å²) in [5.74, 6) is 0.824. The summed E-state index contributed by atoms with van der Waals surface area (Å²) in [6.07, 6.45) is 3.99. The first-order chi connectivity index (χ1) is 9.31. The fraction of sp³-hybridized carbons (Fsp3) is 0.133. The third-order valence-corrected chi connectivity index (χ3v) is 3.13. The third kappa shape index (κ3) is 2.06. The molecule has 0 bridgehead atoms. The molecule has 0 amide bonds. The topological polar surface area (TPSA) is 52.5 Å². The zero-order chi connectivity index (χ0) is 13.2. The SMILES string of the molecule is COc1ccccc1-c1cn2cc(CN)ccc2n1. The minimum absolute atomic E-state index is 0.526. The Bertz CT molecular complexity index is 718. The Morgan fingerprint density at radius 2 is 2.00 bits per heavy atom. The molecule has 0 aliphatic carbocycles. The maximum atomic E-state index is 5.65. The fourth-order valence-corrected chi connectivity index (χ4v) is 2.14. The van der Waals surface area contributed by atoms with Gasteiger partial charge in [0.1, 0.15) is 11.4 Å². The molecule has 1 aromatic carbocycles. The van der Waals surface area contributed by atoms with Gasteiger partial charge in [0.05, 0.1) is 12.8 Å². The molecule has 19 heavy (non-hydrogen) atoms. The van der Waals surface area contributed by atoms with E-state index in [4.69, 9.17) is 10.5 Å². The second-order valence-electron chi connectivity index (χ2n) is 4.33. The standard InChI is InChI=1S/C15H15N3O/c1-19-14-5-3-2-4-12(14)13-10-18-9-11(8-16)6-7-15(18)17-13/h2-7,9-10H,8,16H2,1H3. The number of para-hydroxylation sites is 1. The van der Waals surface area contributed by atoms with Crippen molar-refractivity contribution < 1.29 is 4.74 Å². The number of aromatic nitrogens is 2. The van der Waals surface area contributed by atoms with Gasteiger partial charge in [-0.1, -0.05) is 18.2 Å². The van der Waals surface area contributed by atoms with E-state index in [1.165, 1.54) is 0 Å². The molecular formula is C15H15N3O. The molecule has 3 rings (SSSR count). The quantitative estimate of drug-likeness (QED) is 0.780. The summed E-state index contributed by atoms with van der Waals surface area (Å²) >= 11 is 0. The molecule has 0 atom stereocenters. The number of imidazole rings is 1. The molecule has 2 heterocycles. The van der Waals surface area contributed by atoms with E-state index in [9.17, 15) is 0 Å². The van der Waals surface area contributed by atoms with Crippen molar-refractivity contribution in [1.29, 1.82) is 0 Å². The minimum atomic E-state index is 0.526. The molecule has 2 aromatic heterocycles. The van der Waals surface area contributed by atoms with Crippen LogP contribution in [0.3, 0.4) is 0 Å². The van der Waals surface area contributed by atoms with Gasteiger partial charge in [-0.2, -0.15) is 0 Å². The predicted molar refractivity (Wildman–Crippen MR) is 75.1 cm³/mol. The number of ether oxygens (including phenoxy) is 1. The van der Waals surface area contributed by atoms with Gasteiger partial charge in [-0.3, -0.25) is 0 Å². The molecule has 0 radical (unpaired) electrons. The van der Waals surface area contributed by atoms with E-state index in [2.05, 4.69) is 4.98 Å². The highest BCUT2D eigenvalue weighted by molar-refractivity contribution is 5.69. The van der Waals surface area contributed by atoms with Crippen LogP contribution in [0.15, 0.2) is 48.8 Å². The normalized spacial score (nSPS) is 10.8. The van der Waals surface area contributed by atoms with Crippen LogP contribution >= 0.6 is 0 Å². The third-order valence-electron chi connectivity index (χ3n) is 3.13. The maximum Gasteiger partial charge on any atom is 0.137 e. The van der Waals surface area contributed by atoms with Gasteiger partial charge < -0.3 is 14.9 Å². The number of methoxy groups -OCH3 is 1. The summed E-state index contributed by atoms with van der Waals surface area (Å²) in [6, 6.07) is 11.8. The Hall–Kier alpha value is -2.33. The summed E-state index contributed by atoms with van der Waals surface area (Å²) in [6.45, 7) is 0.526. The van der Waals surface area contributed by atoms with Gasteiger partial charge in [0, 0.05) is 24.5 Å². The van der Waals surface area contributed by atoms with Crippen LogP contribution in [-0.4, -0.2) is 16.5 Å². The largest absolute Gasteiger partial charge is 0.496 e. The van der Waals surface area contributed by atoms with Gasteiger partial charge in [-0.15, -0.1) is 0 Å². The van der Waals surface area contributed by atoms with E-state index >= 15 is 0 Å². The Morgan fingerprint density at radius 3 is 2.79 bits per heavy atom. The zero-order valence-corrected chi connectivity index (χ0v) is 10.7. The summed E-state index contributed by atoms with van der Waals surface area (Å²) < 4.78 is 7.36. The second-order valence-corrected chi connectivity index (χ2v) is 4.33. The lowest BCUT2D eigenvalue weighted by Gasteiger charge is -2.04. The number of hydrogen-bond donors (Lipinski definition) is 1. The van der Waals surface area contributed by atoms with E-state index in [0.717, 1.165) is 28.2 Å². The van der Waals surface area contributed by atoms with Crippen LogP contribution in [-0.2, 0) is 6.54 Å².